The van der Waals surface area contributed by atoms with E-state index in [1.807, 2.05) is 0 Å². The molecule has 0 aliphatic heterocycles. The minimum absolute atomic E-state index is 0.0148. The van der Waals surface area contributed by atoms with Crippen molar-refractivity contribution in [1.29, 1.82) is 0 Å². The van der Waals surface area contributed by atoms with Crippen LogP contribution in [0.2, 0.25) is 0 Å². The number of allylic oxidation sites excluding steroid dienone is 1. The zero-order valence-electron chi connectivity index (χ0n) is 14.0. The van der Waals surface area contributed by atoms with Crippen LogP contribution in [0.15, 0.2) is 48.0 Å². The summed E-state index contributed by atoms with van der Waals surface area (Å²) >= 11 is 0. The number of carboxylic acid groups (broad SMARTS) is 1. The summed E-state index contributed by atoms with van der Waals surface area (Å²) in [5.41, 5.74) is -1.29. The number of hydrogen-bond acceptors (Lipinski definition) is 6. The van der Waals surface area contributed by atoms with E-state index < -0.39 is 28.9 Å². The number of carbonyl (C=O) groups is 3. The van der Waals surface area contributed by atoms with Crippen molar-refractivity contribution in [3.05, 3.63) is 59.2 Å². The van der Waals surface area contributed by atoms with Crippen molar-refractivity contribution < 1.29 is 34.4 Å². The van der Waals surface area contributed by atoms with Crippen LogP contribution in [0.25, 0.3) is 5.57 Å². The number of carboxylic acids is 1. The number of Topliss-reactive ketones (excluding diaryl/α,β-unsaturated/α-hetero) is 2. The largest absolute Gasteiger partial charge is 0.507 e. The Bertz CT molecular complexity index is 925. The summed E-state index contributed by atoms with van der Waals surface area (Å²) in [5.74, 6) is -3.88. The molecule has 0 aliphatic carbocycles. The van der Waals surface area contributed by atoms with Gasteiger partial charge in [0, 0.05) is 5.57 Å². The standard InChI is InChI=1S/C19H16O7/c1-10(20)16(11-7-8-14(22)15(9-11)26-2)17(19(24)25)18(23)12-5-3-4-6-13(12)21/h3-9,21-22H,1-2H3,(H,24,25)/b17-16+. The highest BCUT2D eigenvalue weighted by atomic mass is 16.5. The molecule has 0 bridgehead atoms. The molecular weight excluding hydrogens is 340 g/mol. The van der Waals surface area contributed by atoms with Gasteiger partial charge in [0.1, 0.15) is 11.3 Å². The minimum Gasteiger partial charge on any atom is -0.507 e. The average Bonchev–Trinajstić information content (AvgIpc) is 2.59. The second-order valence-electron chi connectivity index (χ2n) is 5.34. The van der Waals surface area contributed by atoms with Gasteiger partial charge in [0.15, 0.2) is 17.3 Å². The maximum atomic E-state index is 12.7. The summed E-state index contributed by atoms with van der Waals surface area (Å²) in [6.07, 6.45) is 0. The van der Waals surface area contributed by atoms with Gasteiger partial charge in [-0.15, -0.1) is 0 Å². The summed E-state index contributed by atoms with van der Waals surface area (Å²) in [6, 6.07) is 9.22. The van der Waals surface area contributed by atoms with Gasteiger partial charge in [0.2, 0.25) is 5.78 Å². The van der Waals surface area contributed by atoms with Gasteiger partial charge in [0.05, 0.1) is 12.7 Å². The molecule has 0 aromatic heterocycles. The SMILES string of the molecule is COc1cc(/C(C(C)=O)=C(/C(=O)O)C(=O)c2ccccc2O)ccc1O. The van der Waals surface area contributed by atoms with Crippen LogP contribution >= 0.6 is 0 Å². The first kappa shape index (κ1) is 18.7. The molecule has 0 saturated carbocycles. The van der Waals surface area contributed by atoms with Crippen LogP contribution in [0.5, 0.6) is 17.2 Å². The van der Waals surface area contributed by atoms with Crippen LogP contribution in [0, 0.1) is 0 Å². The molecule has 0 unspecified atom stereocenters. The number of rotatable bonds is 6. The van der Waals surface area contributed by atoms with Crippen molar-refractivity contribution in [2.45, 2.75) is 6.92 Å². The predicted octanol–water partition coefficient (Wildman–Crippen LogP) is 2.42. The second-order valence-corrected chi connectivity index (χ2v) is 5.34. The fraction of sp³-hybridized carbons (Fsp3) is 0.105. The Morgan fingerprint density at radius 1 is 0.962 bits per heavy atom. The quantitative estimate of drug-likeness (QED) is 0.314. The molecule has 0 saturated heterocycles. The molecule has 26 heavy (non-hydrogen) atoms. The lowest BCUT2D eigenvalue weighted by Crippen LogP contribution is -2.18. The van der Waals surface area contributed by atoms with Crippen LogP contribution in [-0.4, -0.2) is 40.0 Å². The molecule has 2 aromatic rings. The van der Waals surface area contributed by atoms with Crippen molar-refractivity contribution in [3.63, 3.8) is 0 Å². The van der Waals surface area contributed by atoms with Crippen LogP contribution in [0.3, 0.4) is 0 Å². The lowest BCUT2D eigenvalue weighted by molar-refractivity contribution is -0.132. The Balaban J connectivity index is 2.77. The number of hydrogen-bond donors (Lipinski definition) is 3. The van der Waals surface area contributed by atoms with Crippen molar-refractivity contribution in [1.82, 2.24) is 0 Å². The van der Waals surface area contributed by atoms with E-state index in [0.717, 1.165) is 6.92 Å². The molecule has 2 rings (SSSR count). The highest BCUT2D eigenvalue weighted by Gasteiger charge is 2.29. The number of phenols is 2. The van der Waals surface area contributed by atoms with Crippen LogP contribution in [-0.2, 0) is 9.59 Å². The average molecular weight is 356 g/mol. The molecule has 7 nitrogen and oxygen atoms in total. The monoisotopic (exact) mass is 356 g/mol. The smallest absolute Gasteiger partial charge is 0.340 e. The molecule has 7 heteroatoms. The lowest BCUT2D eigenvalue weighted by Gasteiger charge is -2.12. The third-order valence-corrected chi connectivity index (χ3v) is 3.66. The molecule has 2 aromatic carbocycles. The fourth-order valence-electron chi connectivity index (χ4n) is 2.47. The van der Waals surface area contributed by atoms with Gasteiger partial charge < -0.3 is 20.1 Å². The van der Waals surface area contributed by atoms with E-state index >= 15 is 0 Å². The molecule has 3 N–H and O–H groups in total. The number of ether oxygens (including phenoxy) is 1. The molecule has 0 fully saturated rings. The van der Waals surface area contributed by atoms with Gasteiger partial charge >= 0.3 is 5.97 Å². The third-order valence-electron chi connectivity index (χ3n) is 3.66. The normalized spacial score (nSPS) is 11.5. The van der Waals surface area contributed by atoms with Crippen LogP contribution < -0.4 is 4.74 Å². The van der Waals surface area contributed by atoms with E-state index in [9.17, 15) is 29.7 Å². The zero-order valence-corrected chi connectivity index (χ0v) is 14.0. The molecule has 134 valence electrons. The van der Waals surface area contributed by atoms with E-state index in [0.29, 0.717) is 0 Å². The van der Waals surface area contributed by atoms with E-state index in [1.54, 1.807) is 0 Å². The molecule has 0 heterocycles. The highest BCUT2D eigenvalue weighted by Crippen LogP contribution is 2.32. The van der Waals surface area contributed by atoms with E-state index in [-0.39, 0.29) is 28.2 Å². The van der Waals surface area contributed by atoms with Gasteiger partial charge in [0.25, 0.3) is 0 Å². The number of aromatic hydroxyl groups is 2. The van der Waals surface area contributed by atoms with Gasteiger partial charge in [-0.2, -0.15) is 0 Å². The number of ketones is 2. The number of benzene rings is 2. The van der Waals surface area contributed by atoms with E-state index in [1.165, 1.54) is 49.6 Å². The number of aliphatic carboxylic acids is 1. The highest BCUT2D eigenvalue weighted by molar-refractivity contribution is 6.37. The Morgan fingerprint density at radius 3 is 2.15 bits per heavy atom. The molecule has 0 atom stereocenters. The Hall–Kier alpha value is -3.61. The van der Waals surface area contributed by atoms with Gasteiger partial charge in [-0.1, -0.05) is 18.2 Å². The van der Waals surface area contributed by atoms with Crippen molar-refractivity contribution in [2.24, 2.45) is 0 Å². The van der Waals surface area contributed by atoms with Crippen LogP contribution in [0.4, 0.5) is 0 Å². The maximum Gasteiger partial charge on any atom is 0.340 e. The maximum absolute atomic E-state index is 12.7. The number of phenolic OH excluding ortho intramolecular Hbond substituents is 2. The van der Waals surface area contributed by atoms with E-state index in [2.05, 4.69) is 0 Å². The molecule has 0 aliphatic rings. The van der Waals surface area contributed by atoms with Crippen molar-refractivity contribution in [2.75, 3.05) is 7.11 Å². The molecular formula is C19H16O7. The van der Waals surface area contributed by atoms with Gasteiger partial charge in [-0.05, 0) is 36.8 Å². The first-order valence-corrected chi connectivity index (χ1v) is 7.46. The van der Waals surface area contributed by atoms with Crippen molar-refractivity contribution >= 4 is 23.1 Å². The Labute approximate surface area is 148 Å². The summed E-state index contributed by atoms with van der Waals surface area (Å²) < 4.78 is 4.96. The second kappa shape index (κ2) is 7.52. The fourth-order valence-corrected chi connectivity index (χ4v) is 2.47. The van der Waals surface area contributed by atoms with Gasteiger partial charge in [-0.3, -0.25) is 9.59 Å². The van der Waals surface area contributed by atoms with Gasteiger partial charge in [-0.25, -0.2) is 4.79 Å². The first-order chi connectivity index (χ1) is 12.3. The summed E-state index contributed by atoms with van der Waals surface area (Å²) in [7, 11) is 1.29. The minimum atomic E-state index is -1.62. The summed E-state index contributed by atoms with van der Waals surface area (Å²) in [4.78, 5) is 36.6. The van der Waals surface area contributed by atoms with Crippen molar-refractivity contribution in [3.8, 4) is 17.2 Å². The van der Waals surface area contributed by atoms with Crippen LogP contribution in [0.1, 0.15) is 22.8 Å². The number of methoxy groups -OCH3 is 1. The van der Waals surface area contributed by atoms with E-state index in [4.69, 9.17) is 4.74 Å². The molecule has 0 spiro atoms. The third kappa shape index (κ3) is 3.56. The molecule has 0 amide bonds. The first-order valence-electron chi connectivity index (χ1n) is 7.46. The zero-order chi connectivity index (χ0) is 19.4. The lowest BCUT2D eigenvalue weighted by atomic mass is 9.91. The number of para-hydroxylation sites is 1. The Morgan fingerprint density at radius 2 is 1.62 bits per heavy atom. The summed E-state index contributed by atoms with van der Waals surface area (Å²) in [5, 5.41) is 29.1. The Kier molecular flexibility index (Phi) is 5.42. The topological polar surface area (TPSA) is 121 Å². The summed E-state index contributed by atoms with van der Waals surface area (Å²) in [6.45, 7) is 1.12. The number of carbonyl (C=O) groups excluding carboxylic acids is 2. The predicted molar refractivity (Wildman–Crippen MR) is 92.3 cm³/mol. The molecule has 0 radical (unpaired) electrons.